The minimum atomic E-state index is 0. The van der Waals surface area contributed by atoms with Crippen molar-refractivity contribution in [3.05, 3.63) is 29.8 Å². The molecule has 0 bridgehead atoms. The first kappa shape index (κ1) is 11.7. The molecule has 1 rings (SSSR count). The van der Waals surface area contributed by atoms with Crippen LogP contribution in [0.1, 0.15) is 25.3 Å². The van der Waals surface area contributed by atoms with E-state index in [1.165, 1.54) is 5.56 Å². The zero-order valence-corrected chi connectivity index (χ0v) is 10.3. The van der Waals surface area contributed by atoms with E-state index < -0.39 is 0 Å². The van der Waals surface area contributed by atoms with Gasteiger partial charge in [0.25, 0.3) is 0 Å². The zero-order chi connectivity index (χ0) is 8.27. The monoisotopic (exact) mass is 336 g/mol. The molecule has 0 unspecified atom stereocenters. The largest absolute Gasteiger partial charge is 0.554 e. The predicted molar refractivity (Wildman–Crippen MR) is 45.9 cm³/mol. The summed E-state index contributed by atoms with van der Waals surface area (Å²) in [5.41, 5.74) is 1.27. The number of ether oxygens (including phenoxy) is 1. The fourth-order valence-corrected chi connectivity index (χ4v) is 0.919. The van der Waals surface area contributed by atoms with Crippen LogP contribution < -0.4 is 4.74 Å². The second-order valence-corrected chi connectivity index (χ2v) is 2.86. The molecule has 0 spiro atoms. The van der Waals surface area contributed by atoms with Gasteiger partial charge in [-0.25, -0.2) is 0 Å². The van der Waals surface area contributed by atoms with E-state index in [1.54, 1.807) is 7.11 Å². The molecule has 1 radical (unpaired) electrons. The standard InChI is InChI=1S/C10H13O.Re/c1-8(2)9-5-4-6-10(7-9)11-3;/h5-8H,1-3H3;/q-1;. The van der Waals surface area contributed by atoms with Gasteiger partial charge in [0.2, 0.25) is 0 Å². The molecule has 0 fully saturated rings. The Labute approximate surface area is 87.8 Å². The van der Waals surface area contributed by atoms with Crippen LogP contribution in [0, 0.1) is 6.07 Å². The molecule has 0 N–H and O–H groups in total. The van der Waals surface area contributed by atoms with Gasteiger partial charge in [0.05, 0.1) is 7.11 Å². The molecule has 0 aliphatic heterocycles. The Balaban J connectivity index is 0.00000121. The molecular weight excluding hydrogens is 322 g/mol. The van der Waals surface area contributed by atoms with E-state index in [0.717, 1.165) is 5.75 Å². The van der Waals surface area contributed by atoms with Crippen molar-refractivity contribution in [2.75, 3.05) is 7.11 Å². The van der Waals surface area contributed by atoms with Gasteiger partial charge >= 0.3 is 0 Å². The summed E-state index contributed by atoms with van der Waals surface area (Å²) in [7, 11) is 1.67. The maximum Gasteiger partial charge on any atom is 0.0606 e. The van der Waals surface area contributed by atoms with Crippen LogP contribution in [-0.4, -0.2) is 7.11 Å². The summed E-state index contributed by atoms with van der Waals surface area (Å²) in [5.74, 6) is 1.43. The van der Waals surface area contributed by atoms with E-state index in [4.69, 9.17) is 4.74 Å². The molecule has 0 saturated carbocycles. The van der Waals surface area contributed by atoms with Crippen LogP contribution in [0.15, 0.2) is 18.2 Å². The van der Waals surface area contributed by atoms with Gasteiger partial charge in [-0.05, 0) is 0 Å². The van der Waals surface area contributed by atoms with Crippen LogP contribution in [0.4, 0.5) is 0 Å². The van der Waals surface area contributed by atoms with Gasteiger partial charge in [-0.3, -0.25) is 0 Å². The van der Waals surface area contributed by atoms with Crippen LogP contribution in [0.3, 0.4) is 0 Å². The van der Waals surface area contributed by atoms with E-state index in [1.807, 2.05) is 18.2 Å². The third-order valence-corrected chi connectivity index (χ3v) is 1.69. The number of hydrogen-bond donors (Lipinski definition) is 0. The van der Waals surface area contributed by atoms with Crippen LogP contribution in [-0.2, 0) is 20.4 Å². The molecule has 1 aromatic rings. The van der Waals surface area contributed by atoms with Gasteiger partial charge in [-0.15, -0.1) is 12.1 Å². The van der Waals surface area contributed by atoms with Crippen LogP contribution in [0.2, 0.25) is 0 Å². The summed E-state index contributed by atoms with van der Waals surface area (Å²) < 4.78 is 5.07. The Kier molecular flexibility index (Phi) is 5.21. The van der Waals surface area contributed by atoms with E-state index in [9.17, 15) is 0 Å². The summed E-state index contributed by atoms with van der Waals surface area (Å²) in [6, 6.07) is 8.91. The van der Waals surface area contributed by atoms with E-state index in [-0.39, 0.29) is 20.4 Å². The molecule has 12 heavy (non-hydrogen) atoms. The Morgan fingerprint density at radius 2 is 2.00 bits per heavy atom. The smallest absolute Gasteiger partial charge is 0.0606 e. The average molecular weight is 335 g/mol. The fourth-order valence-electron chi connectivity index (χ4n) is 0.919. The van der Waals surface area contributed by atoms with Crippen molar-refractivity contribution in [1.82, 2.24) is 0 Å². The van der Waals surface area contributed by atoms with Gasteiger partial charge in [-0.2, -0.15) is 17.7 Å². The van der Waals surface area contributed by atoms with Crippen molar-refractivity contribution < 1.29 is 25.2 Å². The second-order valence-electron chi connectivity index (χ2n) is 2.86. The second kappa shape index (κ2) is 5.35. The van der Waals surface area contributed by atoms with Crippen molar-refractivity contribution in [3.8, 4) is 5.75 Å². The first-order chi connectivity index (χ1) is 5.24. The summed E-state index contributed by atoms with van der Waals surface area (Å²) in [6.45, 7) is 4.31. The van der Waals surface area contributed by atoms with Gasteiger partial charge in [0.15, 0.2) is 0 Å². The maximum atomic E-state index is 5.07. The molecule has 2 heteroatoms. The molecule has 1 aromatic carbocycles. The normalized spacial score (nSPS) is 9.33. The third kappa shape index (κ3) is 2.97. The Bertz CT molecular complexity index is 233. The van der Waals surface area contributed by atoms with E-state index in [0.29, 0.717) is 5.92 Å². The molecule has 0 heterocycles. The summed E-state index contributed by atoms with van der Waals surface area (Å²) >= 11 is 0. The molecule has 0 aliphatic rings. The van der Waals surface area contributed by atoms with Crippen molar-refractivity contribution in [2.45, 2.75) is 19.8 Å². The van der Waals surface area contributed by atoms with Gasteiger partial charge in [0.1, 0.15) is 0 Å². The van der Waals surface area contributed by atoms with Gasteiger partial charge in [-0.1, -0.05) is 19.8 Å². The first-order valence-electron chi connectivity index (χ1n) is 3.79. The molecule has 67 valence electrons. The summed E-state index contributed by atoms with van der Waals surface area (Å²) in [6.07, 6.45) is 0. The summed E-state index contributed by atoms with van der Waals surface area (Å²) in [4.78, 5) is 0. The molecule has 0 aliphatic carbocycles. The van der Waals surface area contributed by atoms with Crippen molar-refractivity contribution in [3.63, 3.8) is 0 Å². The minimum absolute atomic E-state index is 0. The summed E-state index contributed by atoms with van der Waals surface area (Å²) in [5, 5.41) is 0. The van der Waals surface area contributed by atoms with Gasteiger partial charge in [0, 0.05) is 26.2 Å². The minimum Gasteiger partial charge on any atom is -0.554 e. The third-order valence-electron chi connectivity index (χ3n) is 1.69. The maximum absolute atomic E-state index is 5.07. The molecule has 0 saturated heterocycles. The quantitative estimate of drug-likeness (QED) is 0.755. The Morgan fingerprint density at radius 1 is 1.33 bits per heavy atom. The van der Waals surface area contributed by atoms with Crippen molar-refractivity contribution in [2.24, 2.45) is 0 Å². The van der Waals surface area contributed by atoms with Crippen LogP contribution in [0.25, 0.3) is 0 Å². The number of rotatable bonds is 2. The topological polar surface area (TPSA) is 9.23 Å². The number of methoxy groups -OCH3 is 1. The van der Waals surface area contributed by atoms with Crippen molar-refractivity contribution >= 4 is 0 Å². The van der Waals surface area contributed by atoms with Crippen molar-refractivity contribution in [1.29, 1.82) is 0 Å². The average Bonchev–Trinajstić information content (AvgIpc) is 2.05. The molecule has 1 nitrogen and oxygen atoms in total. The molecule has 0 atom stereocenters. The molecule has 0 amide bonds. The Morgan fingerprint density at radius 3 is 2.50 bits per heavy atom. The van der Waals surface area contributed by atoms with E-state index in [2.05, 4.69) is 19.9 Å². The van der Waals surface area contributed by atoms with Gasteiger partial charge < -0.3 is 4.74 Å². The Hall–Kier alpha value is -0.318. The first-order valence-corrected chi connectivity index (χ1v) is 3.79. The SMILES string of the molecule is COc1c[c-]cc(C(C)C)c1.[Re]. The number of hydrogen-bond acceptors (Lipinski definition) is 1. The van der Waals surface area contributed by atoms with Crippen LogP contribution in [0.5, 0.6) is 5.75 Å². The predicted octanol–water partition coefficient (Wildman–Crippen LogP) is 2.62. The number of benzene rings is 1. The zero-order valence-electron chi connectivity index (χ0n) is 7.60. The molecule has 0 aromatic heterocycles. The molecular formula is C10H13ORe-. The van der Waals surface area contributed by atoms with E-state index >= 15 is 0 Å². The van der Waals surface area contributed by atoms with Crippen LogP contribution >= 0.6 is 0 Å². The fraction of sp³-hybridized carbons (Fsp3) is 0.400.